The number of rotatable bonds is 3. The molecule has 0 aromatic carbocycles. The molecule has 1 aromatic heterocycles. The maximum Gasteiger partial charge on any atom is 0.261 e. The largest absolute Gasteiger partial charge is 0.349 e. The van der Waals surface area contributed by atoms with E-state index in [2.05, 4.69) is 31.0 Å². The van der Waals surface area contributed by atoms with E-state index in [0.717, 1.165) is 10.4 Å². The zero-order valence-corrected chi connectivity index (χ0v) is 12.1. The normalized spacial score (nSPS) is 11.9. The Balaban J connectivity index is 2.81. The Bertz CT molecular complexity index is 480. The fourth-order valence-electron chi connectivity index (χ4n) is 1.29. The minimum absolute atomic E-state index is 0.0231. The molecule has 1 heterocycles. The van der Waals surface area contributed by atoms with Gasteiger partial charge in [-0.3, -0.25) is 4.79 Å². The van der Waals surface area contributed by atoms with Gasteiger partial charge in [0.15, 0.2) is 0 Å². The topological polar surface area (TPSA) is 55.1 Å². The summed E-state index contributed by atoms with van der Waals surface area (Å²) in [5.74, 6) is 6.20. The van der Waals surface area contributed by atoms with Crippen LogP contribution in [0.3, 0.4) is 0 Å². The van der Waals surface area contributed by atoms with E-state index in [1.54, 1.807) is 0 Å². The number of carbonyl (C=O) groups excluding carboxylic acids is 1. The van der Waals surface area contributed by atoms with Crippen molar-refractivity contribution in [3.05, 3.63) is 21.4 Å². The van der Waals surface area contributed by atoms with Gasteiger partial charge in [-0.2, -0.15) is 0 Å². The molecule has 0 saturated heterocycles. The maximum absolute atomic E-state index is 12.0. The first-order valence-corrected chi connectivity index (χ1v) is 6.87. The highest BCUT2D eigenvalue weighted by molar-refractivity contribution is 7.14. The zero-order valence-electron chi connectivity index (χ0n) is 11.3. The zero-order chi connectivity index (χ0) is 13.7. The molecular formula is C14H20N2OS. The van der Waals surface area contributed by atoms with E-state index in [1.807, 2.05) is 19.9 Å². The minimum atomic E-state index is -0.0231. The lowest BCUT2D eigenvalue weighted by atomic mass is 10.1. The molecule has 98 valence electrons. The molecule has 1 rings (SSSR count). The van der Waals surface area contributed by atoms with E-state index in [0.29, 0.717) is 17.3 Å². The summed E-state index contributed by atoms with van der Waals surface area (Å²) < 4.78 is 0. The van der Waals surface area contributed by atoms with Gasteiger partial charge in [0.05, 0.1) is 16.3 Å². The van der Waals surface area contributed by atoms with Crippen LogP contribution in [0.1, 0.15) is 40.9 Å². The summed E-state index contributed by atoms with van der Waals surface area (Å²) in [7, 11) is 0. The van der Waals surface area contributed by atoms with Crippen LogP contribution < -0.4 is 11.1 Å². The molecule has 0 bridgehead atoms. The summed E-state index contributed by atoms with van der Waals surface area (Å²) in [5, 5.41) is 2.99. The first-order chi connectivity index (χ1) is 8.45. The van der Waals surface area contributed by atoms with Gasteiger partial charge in [-0.25, -0.2) is 0 Å². The van der Waals surface area contributed by atoms with Gasteiger partial charge in [0, 0.05) is 6.04 Å². The van der Waals surface area contributed by atoms with Crippen molar-refractivity contribution in [1.29, 1.82) is 0 Å². The monoisotopic (exact) mass is 264 g/mol. The van der Waals surface area contributed by atoms with Crippen molar-refractivity contribution in [2.24, 2.45) is 11.7 Å². The standard InChI is InChI=1S/C14H20N2OS/c1-9(2)11(4)16-14(17)13-8-10(3)12(18-13)6-5-7-15/h8-9,11H,7,15H2,1-4H3,(H,16,17). The Labute approximate surface area is 113 Å². The molecule has 1 atom stereocenters. The van der Waals surface area contributed by atoms with Crippen molar-refractivity contribution in [2.75, 3.05) is 6.54 Å². The van der Waals surface area contributed by atoms with Crippen LogP contribution in [0.5, 0.6) is 0 Å². The molecule has 0 fully saturated rings. The summed E-state index contributed by atoms with van der Waals surface area (Å²) in [6.45, 7) is 8.48. The SMILES string of the molecule is Cc1cc(C(=O)NC(C)C(C)C)sc1C#CCN. The van der Waals surface area contributed by atoms with Crippen LogP contribution in [0.15, 0.2) is 6.07 Å². The molecule has 0 saturated carbocycles. The fraction of sp³-hybridized carbons (Fsp3) is 0.500. The lowest BCUT2D eigenvalue weighted by Gasteiger charge is -2.16. The van der Waals surface area contributed by atoms with Crippen LogP contribution in [0.25, 0.3) is 0 Å². The van der Waals surface area contributed by atoms with Gasteiger partial charge in [0.1, 0.15) is 0 Å². The number of hydrogen-bond acceptors (Lipinski definition) is 3. The van der Waals surface area contributed by atoms with Crippen molar-refractivity contribution in [2.45, 2.75) is 33.7 Å². The first kappa shape index (κ1) is 14.7. The Morgan fingerprint density at radius 2 is 2.17 bits per heavy atom. The molecule has 1 amide bonds. The third-order valence-electron chi connectivity index (χ3n) is 2.80. The number of carbonyl (C=O) groups is 1. The summed E-state index contributed by atoms with van der Waals surface area (Å²) in [4.78, 5) is 13.7. The Morgan fingerprint density at radius 3 is 2.72 bits per heavy atom. The lowest BCUT2D eigenvalue weighted by Crippen LogP contribution is -2.35. The van der Waals surface area contributed by atoms with Gasteiger partial charge in [-0.15, -0.1) is 11.3 Å². The molecule has 4 heteroatoms. The summed E-state index contributed by atoms with van der Waals surface area (Å²) >= 11 is 1.42. The van der Waals surface area contributed by atoms with Crippen LogP contribution in [-0.2, 0) is 0 Å². The van der Waals surface area contributed by atoms with E-state index < -0.39 is 0 Å². The average molecular weight is 264 g/mol. The molecule has 0 aliphatic heterocycles. The number of hydrogen-bond donors (Lipinski definition) is 2. The van der Waals surface area contributed by atoms with E-state index >= 15 is 0 Å². The Morgan fingerprint density at radius 1 is 1.50 bits per heavy atom. The van der Waals surface area contributed by atoms with Crippen LogP contribution >= 0.6 is 11.3 Å². The molecule has 0 radical (unpaired) electrons. The number of aryl methyl sites for hydroxylation is 1. The summed E-state index contributed by atoms with van der Waals surface area (Å²) in [6, 6.07) is 2.05. The van der Waals surface area contributed by atoms with E-state index in [9.17, 15) is 4.79 Å². The second-order valence-corrected chi connectivity index (χ2v) is 5.69. The maximum atomic E-state index is 12.0. The average Bonchev–Trinajstić information content (AvgIpc) is 2.68. The van der Waals surface area contributed by atoms with E-state index in [4.69, 9.17) is 5.73 Å². The van der Waals surface area contributed by atoms with Crippen LogP contribution in [-0.4, -0.2) is 18.5 Å². The second-order valence-electron chi connectivity index (χ2n) is 4.63. The molecule has 0 spiro atoms. The van der Waals surface area contributed by atoms with Gasteiger partial charge in [0.2, 0.25) is 0 Å². The fourth-order valence-corrected chi connectivity index (χ4v) is 2.24. The predicted molar refractivity (Wildman–Crippen MR) is 76.8 cm³/mol. The Kier molecular flexibility index (Phi) is 5.39. The third kappa shape index (κ3) is 3.86. The van der Waals surface area contributed by atoms with Gasteiger partial charge in [-0.05, 0) is 31.4 Å². The number of nitrogens with two attached hydrogens (primary N) is 1. The molecule has 18 heavy (non-hydrogen) atoms. The molecule has 0 aliphatic rings. The summed E-state index contributed by atoms with van der Waals surface area (Å²) in [6.07, 6.45) is 0. The second kappa shape index (κ2) is 6.58. The van der Waals surface area contributed by atoms with Gasteiger partial charge in [-0.1, -0.05) is 25.7 Å². The Hall–Kier alpha value is -1.31. The molecule has 1 unspecified atom stereocenters. The van der Waals surface area contributed by atoms with Crippen LogP contribution in [0, 0.1) is 24.7 Å². The quantitative estimate of drug-likeness (QED) is 0.822. The van der Waals surface area contributed by atoms with E-state index in [-0.39, 0.29) is 11.9 Å². The molecule has 0 aliphatic carbocycles. The van der Waals surface area contributed by atoms with Gasteiger partial charge in [0.25, 0.3) is 5.91 Å². The van der Waals surface area contributed by atoms with Crippen molar-refractivity contribution < 1.29 is 4.79 Å². The summed E-state index contributed by atoms with van der Waals surface area (Å²) in [5.41, 5.74) is 6.37. The van der Waals surface area contributed by atoms with Crippen molar-refractivity contribution in [3.8, 4) is 11.8 Å². The number of thiophene rings is 1. The highest BCUT2D eigenvalue weighted by Gasteiger charge is 2.15. The highest BCUT2D eigenvalue weighted by Crippen LogP contribution is 2.21. The van der Waals surface area contributed by atoms with Crippen LogP contribution in [0.4, 0.5) is 0 Å². The van der Waals surface area contributed by atoms with Gasteiger partial charge < -0.3 is 11.1 Å². The molecular weight excluding hydrogens is 244 g/mol. The number of nitrogens with one attached hydrogen (secondary N) is 1. The molecule has 1 aromatic rings. The molecule has 3 nitrogen and oxygen atoms in total. The highest BCUT2D eigenvalue weighted by atomic mass is 32.1. The van der Waals surface area contributed by atoms with Gasteiger partial charge >= 0.3 is 0 Å². The van der Waals surface area contributed by atoms with Crippen molar-refractivity contribution in [1.82, 2.24) is 5.32 Å². The third-order valence-corrected chi connectivity index (χ3v) is 3.96. The smallest absolute Gasteiger partial charge is 0.261 e. The molecule has 3 N–H and O–H groups in total. The number of amides is 1. The van der Waals surface area contributed by atoms with E-state index in [1.165, 1.54) is 11.3 Å². The first-order valence-electron chi connectivity index (χ1n) is 6.06. The lowest BCUT2D eigenvalue weighted by molar-refractivity contribution is 0.0934. The van der Waals surface area contributed by atoms with Crippen LogP contribution in [0.2, 0.25) is 0 Å². The predicted octanol–water partition coefficient (Wildman–Crippen LogP) is 2.14. The minimum Gasteiger partial charge on any atom is -0.349 e. The van der Waals surface area contributed by atoms with Crippen molar-refractivity contribution >= 4 is 17.2 Å². The van der Waals surface area contributed by atoms with Crippen molar-refractivity contribution in [3.63, 3.8) is 0 Å².